The summed E-state index contributed by atoms with van der Waals surface area (Å²) in [6.07, 6.45) is 0. The van der Waals surface area contributed by atoms with Crippen LogP contribution in [0.3, 0.4) is 0 Å². The molecule has 0 radical (unpaired) electrons. The summed E-state index contributed by atoms with van der Waals surface area (Å²) < 4.78 is 0. The van der Waals surface area contributed by atoms with Gasteiger partial charge in [0.2, 0.25) is 0 Å². The Hall–Kier alpha value is 0.260. The van der Waals surface area contributed by atoms with Crippen molar-refractivity contribution in [3.8, 4) is 0 Å². The molecule has 1 aliphatic rings. The molecule has 0 saturated carbocycles. The molecule has 0 unspecified atom stereocenters. The van der Waals surface area contributed by atoms with Gasteiger partial charge in [0, 0.05) is 0 Å². The van der Waals surface area contributed by atoms with Crippen LogP contribution in [0.1, 0.15) is 0 Å². The van der Waals surface area contributed by atoms with E-state index in [1.165, 1.54) is 0 Å². The molecule has 4 heteroatoms. The van der Waals surface area contributed by atoms with Crippen LogP contribution in [0.15, 0.2) is 0 Å². The molecule has 1 heterocycles. The summed E-state index contributed by atoms with van der Waals surface area (Å²) in [6, 6.07) is 0. The summed E-state index contributed by atoms with van der Waals surface area (Å²) in [5, 5.41) is 0. The number of rotatable bonds is 0. The molecule has 1 aliphatic heterocycles. The Bertz CT molecular complexity index is 40.4. The first-order valence-corrected chi connectivity index (χ1v) is 1.33. The first-order valence-electron chi connectivity index (χ1n) is 1.33. The topological polar surface area (TPSA) is 0 Å². The molecule has 0 spiro atoms. The minimum atomic E-state index is 2.00. The van der Waals surface area contributed by atoms with E-state index >= 15 is 0 Å². The van der Waals surface area contributed by atoms with Gasteiger partial charge in [-0.3, -0.25) is 0 Å². The molecule has 0 aliphatic carbocycles. The summed E-state index contributed by atoms with van der Waals surface area (Å²) in [6.45, 7) is 8.00. The Morgan fingerprint density at radius 3 is 0.750 bits per heavy atom. The maximum atomic E-state index is 2.00. The fourth-order valence-corrected chi connectivity index (χ4v) is 0.111. The standard InChI is InChI=1S/B4/c1-2-4-3-1. The van der Waals surface area contributed by atoms with Gasteiger partial charge in [0.1, 0.15) is 0 Å². The van der Waals surface area contributed by atoms with Crippen LogP contribution in [-0.2, 0) is 0 Å². The van der Waals surface area contributed by atoms with Crippen molar-refractivity contribution in [2.75, 3.05) is 0 Å². The van der Waals surface area contributed by atoms with Crippen LogP contribution >= 0.6 is 0 Å². The second-order valence-electron chi connectivity index (χ2n) is 0.770. The van der Waals surface area contributed by atoms with Gasteiger partial charge in [0.25, 0.3) is 0 Å². The van der Waals surface area contributed by atoms with Crippen molar-refractivity contribution in [2.24, 2.45) is 0 Å². The number of hydrogen-bond donors (Lipinski definition) is 0. The van der Waals surface area contributed by atoms with Crippen LogP contribution < -0.4 is 0 Å². The number of hydrogen-bond acceptors (Lipinski definition) is 0. The Balaban J connectivity index is 2.67. The van der Waals surface area contributed by atoms with Crippen LogP contribution in [0.5, 0.6) is 0 Å². The summed E-state index contributed by atoms with van der Waals surface area (Å²) in [4.78, 5) is 0. The second kappa shape index (κ2) is 0.917. The average molecular weight is 43.2 g/mol. The zero-order valence-electron chi connectivity index (χ0n) is 2.31. The average Bonchev–Trinajstić information content (AvgIpc) is 0.722. The Morgan fingerprint density at radius 1 is 0.500 bits per heavy atom. The quantitative estimate of drug-likeness (QED) is 0.289. The third-order valence-corrected chi connectivity index (χ3v) is 0.444. The Morgan fingerprint density at radius 2 is 0.750 bits per heavy atom. The molecule has 1 rings (SSSR count). The molecule has 0 aromatic carbocycles. The third kappa shape index (κ3) is 0.198. The molecule has 0 amide bonds. The molecular formula is B4. The van der Waals surface area contributed by atoms with E-state index in [9.17, 15) is 0 Å². The molecule has 4 heavy (non-hydrogen) atoms. The van der Waals surface area contributed by atoms with Crippen molar-refractivity contribution in [1.82, 2.24) is 0 Å². The zero-order valence-corrected chi connectivity index (χ0v) is 2.31. The van der Waals surface area contributed by atoms with Gasteiger partial charge in [-0.25, -0.2) is 0 Å². The summed E-state index contributed by atoms with van der Waals surface area (Å²) in [5.74, 6) is 0. The predicted molar refractivity (Wildman–Crippen MR) is 23.0 cm³/mol. The van der Waals surface area contributed by atoms with Gasteiger partial charge in [-0.2, -0.15) is 0 Å². The first-order chi connectivity index (χ1) is 2.00. The molecule has 0 bridgehead atoms. The summed E-state index contributed by atoms with van der Waals surface area (Å²) in [7, 11) is 0. The van der Waals surface area contributed by atoms with Gasteiger partial charge in [-0.15, -0.1) is 0 Å². The first kappa shape index (κ1) is 2.49. The van der Waals surface area contributed by atoms with Crippen LogP contribution in [0.2, 0.25) is 0 Å². The molecule has 0 N–H and O–H groups in total. The van der Waals surface area contributed by atoms with Crippen LogP contribution in [0.4, 0.5) is 0 Å². The summed E-state index contributed by atoms with van der Waals surface area (Å²) >= 11 is 0. The predicted octanol–water partition coefficient (Wildman–Crippen LogP) is -1.52. The molecule has 0 saturated heterocycles. The van der Waals surface area contributed by atoms with Gasteiger partial charge >= 0.3 is 26.8 Å². The van der Waals surface area contributed by atoms with E-state index in [1.54, 1.807) is 0 Å². The molecule has 12 valence electrons. The van der Waals surface area contributed by atoms with Gasteiger partial charge in [-0.05, 0) is 0 Å². The van der Waals surface area contributed by atoms with Gasteiger partial charge in [0.05, 0.1) is 0 Å². The van der Waals surface area contributed by atoms with E-state index < -0.39 is 0 Å². The monoisotopic (exact) mass is 44.0 g/mol. The second-order valence-corrected chi connectivity index (χ2v) is 0.770. The van der Waals surface area contributed by atoms with Gasteiger partial charge < -0.3 is 0 Å². The fraction of sp³-hybridized carbons (Fsp3) is 0. The van der Waals surface area contributed by atoms with E-state index in [-0.39, 0.29) is 0 Å². The minimum absolute atomic E-state index is 2.00. The van der Waals surface area contributed by atoms with Crippen molar-refractivity contribution >= 4 is 26.8 Å². The molecule has 0 aromatic rings. The maximum absolute atomic E-state index is 2.00. The molecule has 0 atom stereocenters. The van der Waals surface area contributed by atoms with Crippen LogP contribution in [0.25, 0.3) is 0 Å². The van der Waals surface area contributed by atoms with Crippen molar-refractivity contribution in [1.29, 1.82) is 0 Å². The molecular weight excluding hydrogens is 43.2 g/mol. The SMILES string of the molecule is B1=BB=B1. The van der Waals surface area contributed by atoms with Crippen LogP contribution in [-0.4, -0.2) is 26.8 Å². The van der Waals surface area contributed by atoms with Gasteiger partial charge in [0.15, 0.2) is 0 Å². The van der Waals surface area contributed by atoms with E-state index in [0.29, 0.717) is 0 Å². The van der Waals surface area contributed by atoms with E-state index in [4.69, 9.17) is 0 Å². The molecule has 0 nitrogen and oxygen atoms in total. The Labute approximate surface area is 27.8 Å². The Kier molecular flexibility index (Phi) is 0.572. The fourth-order valence-electron chi connectivity index (χ4n) is 0.111. The molecule has 0 aromatic heterocycles. The van der Waals surface area contributed by atoms with E-state index in [1.807, 2.05) is 26.8 Å². The van der Waals surface area contributed by atoms with Crippen molar-refractivity contribution in [3.63, 3.8) is 0 Å². The van der Waals surface area contributed by atoms with E-state index in [2.05, 4.69) is 0 Å². The van der Waals surface area contributed by atoms with Crippen LogP contribution in [0, 0.1) is 0 Å². The zero-order chi connectivity index (χ0) is 2.83. The third-order valence-electron chi connectivity index (χ3n) is 0.444. The van der Waals surface area contributed by atoms with Crippen molar-refractivity contribution in [2.45, 2.75) is 0 Å². The van der Waals surface area contributed by atoms with Crippen molar-refractivity contribution in [3.05, 3.63) is 0 Å². The normalized spacial score (nSPS) is 8.00. The van der Waals surface area contributed by atoms with E-state index in [0.717, 1.165) is 0 Å². The molecule has 0 fully saturated rings. The van der Waals surface area contributed by atoms with Gasteiger partial charge in [-0.1, -0.05) is 0 Å². The summed E-state index contributed by atoms with van der Waals surface area (Å²) in [5.41, 5.74) is 0. The van der Waals surface area contributed by atoms with Crippen molar-refractivity contribution < 1.29 is 0 Å².